The SMILES string of the molecule is Cc1cc2c3c(c1)-n1c4oc5ccccc5c4c4cccc(c41)B3c1ccc(N3c4ccc(C(C)(C)C)cc4C4(C)CCCCC34C)cc1N2c1cccc2oc3ccccc3c12. The van der Waals surface area contributed by atoms with Crippen LogP contribution in [0.15, 0.2) is 142 Å². The molecule has 63 heavy (non-hydrogen) atoms. The topological polar surface area (TPSA) is 37.7 Å². The number of hydrogen-bond donors (Lipinski definition) is 0. The number of rotatable bonds is 2. The van der Waals surface area contributed by atoms with Gasteiger partial charge in [0.25, 0.3) is 6.71 Å². The minimum Gasteiger partial charge on any atom is -0.456 e. The van der Waals surface area contributed by atoms with Crippen LogP contribution in [0.5, 0.6) is 0 Å². The Morgan fingerprint density at radius 2 is 1.30 bits per heavy atom. The number of furan rings is 2. The van der Waals surface area contributed by atoms with E-state index in [2.05, 4.69) is 189 Å². The predicted molar refractivity (Wildman–Crippen MR) is 263 cm³/mol. The highest BCUT2D eigenvalue weighted by atomic mass is 16.3. The van der Waals surface area contributed by atoms with E-state index in [0.717, 1.165) is 50.7 Å². The summed E-state index contributed by atoms with van der Waals surface area (Å²) in [4.78, 5) is 5.33. The highest BCUT2D eigenvalue weighted by Gasteiger charge is 2.58. The molecule has 5 nitrogen and oxygen atoms in total. The van der Waals surface area contributed by atoms with Crippen molar-refractivity contribution in [1.82, 2.24) is 4.57 Å². The fourth-order valence-corrected chi connectivity index (χ4v) is 13.0. The average molecular weight is 818 g/mol. The smallest absolute Gasteiger partial charge is 0.252 e. The van der Waals surface area contributed by atoms with Crippen molar-refractivity contribution in [3.05, 3.63) is 150 Å². The lowest BCUT2D eigenvalue weighted by Crippen LogP contribution is -2.60. The maximum Gasteiger partial charge on any atom is 0.252 e. The molecule has 0 bridgehead atoms. The number of aromatic nitrogens is 1. The lowest BCUT2D eigenvalue weighted by atomic mass is 9.33. The van der Waals surface area contributed by atoms with Gasteiger partial charge in [-0.3, -0.25) is 4.57 Å². The largest absolute Gasteiger partial charge is 0.456 e. The van der Waals surface area contributed by atoms with Gasteiger partial charge in [0.2, 0.25) is 5.71 Å². The third kappa shape index (κ3) is 4.39. The molecule has 6 heterocycles. The van der Waals surface area contributed by atoms with E-state index in [0.29, 0.717) is 0 Å². The number of anilines is 5. The highest BCUT2D eigenvalue weighted by molar-refractivity contribution is 7.00. The fraction of sp³-hybridized carbons (Fsp3) is 0.228. The van der Waals surface area contributed by atoms with Crippen LogP contribution in [0.4, 0.5) is 28.4 Å². The van der Waals surface area contributed by atoms with Crippen LogP contribution in [-0.4, -0.2) is 16.8 Å². The Bertz CT molecular complexity index is 3660. The molecule has 0 saturated heterocycles. The first-order chi connectivity index (χ1) is 30.5. The van der Waals surface area contributed by atoms with Gasteiger partial charge in [-0.1, -0.05) is 119 Å². The Kier molecular flexibility index (Phi) is 6.76. The van der Waals surface area contributed by atoms with Gasteiger partial charge in [0.1, 0.15) is 16.7 Å². The molecule has 1 aliphatic carbocycles. The Morgan fingerprint density at radius 3 is 2.13 bits per heavy atom. The average Bonchev–Trinajstić information content (AvgIpc) is 4.00. The summed E-state index contributed by atoms with van der Waals surface area (Å²) in [6.07, 6.45) is 4.82. The Morgan fingerprint density at radius 1 is 0.587 bits per heavy atom. The maximum absolute atomic E-state index is 6.87. The Labute approximate surface area is 367 Å². The molecular weight excluding hydrogens is 769 g/mol. The second-order valence-corrected chi connectivity index (χ2v) is 20.5. The Balaban J connectivity index is 1.09. The predicted octanol–water partition coefficient (Wildman–Crippen LogP) is 13.4. The third-order valence-electron chi connectivity index (χ3n) is 16.1. The van der Waals surface area contributed by atoms with E-state index in [4.69, 9.17) is 8.83 Å². The molecule has 2 unspecified atom stereocenters. The summed E-state index contributed by atoms with van der Waals surface area (Å²) in [5.74, 6) is 0. The number of nitrogens with zero attached hydrogens (tertiary/aromatic N) is 3. The standard InChI is InChI=1S/C57H48BN3O2/c1-33-29-45-52-46(30-33)60-53-38(50-36-15-7-10-21-48(36)63-54(50)60)17-13-18-41(53)58(52)40-25-24-35(32-44(40)59(45)43-19-14-22-49-51(43)37-16-8-9-20-47(37)62-49)61-42-26-23-34(55(2,3)4)31-39(42)56(5)27-11-12-28-57(56,61)6/h7-10,13-26,29-32H,11-12,27-28H2,1-6H3. The third-order valence-corrected chi connectivity index (χ3v) is 16.1. The van der Waals surface area contributed by atoms with Crippen molar-refractivity contribution < 1.29 is 8.83 Å². The van der Waals surface area contributed by atoms with Crippen molar-refractivity contribution in [1.29, 1.82) is 0 Å². The molecule has 7 aromatic carbocycles. The molecule has 0 amide bonds. The van der Waals surface area contributed by atoms with E-state index in [1.54, 1.807) is 0 Å². The zero-order chi connectivity index (χ0) is 42.3. The quantitative estimate of drug-likeness (QED) is 0.163. The van der Waals surface area contributed by atoms with E-state index < -0.39 is 0 Å². The second kappa shape index (κ2) is 11.9. The first-order valence-corrected chi connectivity index (χ1v) is 22.9. The molecule has 1 fully saturated rings. The van der Waals surface area contributed by atoms with Crippen LogP contribution < -0.4 is 26.2 Å². The van der Waals surface area contributed by atoms with E-state index in [1.807, 2.05) is 0 Å². The van der Waals surface area contributed by atoms with Crippen molar-refractivity contribution in [2.24, 2.45) is 0 Å². The van der Waals surface area contributed by atoms with Crippen LogP contribution >= 0.6 is 0 Å². The van der Waals surface area contributed by atoms with E-state index >= 15 is 0 Å². The van der Waals surface area contributed by atoms with Crippen LogP contribution in [0.2, 0.25) is 0 Å². The van der Waals surface area contributed by atoms with E-state index in [-0.39, 0.29) is 23.1 Å². The number of benzene rings is 7. The van der Waals surface area contributed by atoms with E-state index in [9.17, 15) is 0 Å². The number of para-hydroxylation sites is 3. The van der Waals surface area contributed by atoms with Gasteiger partial charge in [-0.25, -0.2) is 0 Å². The summed E-state index contributed by atoms with van der Waals surface area (Å²) >= 11 is 0. The summed E-state index contributed by atoms with van der Waals surface area (Å²) in [5, 5.41) is 5.84. The van der Waals surface area contributed by atoms with Crippen molar-refractivity contribution in [3.63, 3.8) is 0 Å². The summed E-state index contributed by atoms with van der Waals surface area (Å²) in [5.41, 5.74) is 20.2. The van der Waals surface area contributed by atoms with Gasteiger partial charge < -0.3 is 18.6 Å². The van der Waals surface area contributed by atoms with Gasteiger partial charge in [0.05, 0.1) is 27.5 Å². The molecule has 14 rings (SSSR count). The molecular formula is C57H48BN3O2. The lowest BCUT2D eigenvalue weighted by molar-refractivity contribution is 0.195. The molecule has 10 aromatic rings. The minimum absolute atomic E-state index is 0.00779. The molecule has 2 atom stereocenters. The van der Waals surface area contributed by atoms with Gasteiger partial charge in [0, 0.05) is 50.0 Å². The van der Waals surface area contributed by atoms with Crippen molar-refractivity contribution in [2.75, 3.05) is 9.80 Å². The van der Waals surface area contributed by atoms with Gasteiger partial charge in [-0.15, -0.1) is 0 Å². The second-order valence-electron chi connectivity index (χ2n) is 20.5. The molecule has 6 heteroatoms. The molecule has 0 N–H and O–H groups in total. The molecule has 0 radical (unpaired) electrons. The van der Waals surface area contributed by atoms with Crippen LogP contribution in [0.25, 0.3) is 60.6 Å². The van der Waals surface area contributed by atoms with Crippen LogP contribution in [0.3, 0.4) is 0 Å². The molecule has 1 saturated carbocycles. The molecule has 306 valence electrons. The number of hydrogen-bond acceptors (Lipinski definition) is 4. The summed E-state index contributed by atoms with van der Waals surface area (Å²) in [6, 6.07) is 50.2. The normalized spacial score (nSPS) is 20.0. The lowest BCUT2D eigenvalue weighted by Gasteiger charge is -2.50. The van der Waals surface area contributed by atoms with Crippen LogP contribution in [0.1, 0.15) is 77.0 Å². The van der Waals surface area contributed by atoms with Crippen LogP contribution in [-0.2, 0) is 10.8 Å². The van der Waals surface area contributed by atoms with Gasteiger partial charge in [-0.05, 0) is 120 Å². The minimum atomic E-state index is -0.0889. The molecule has 3 aromatic heterocycles. The van der Waals surface area contributed by atoms with Gasteiger partial charge >= 0.3 is 0 Å². The maximum atomic E-state index is 6.87. The summed E-state index contributed by atoms with van der Waals surface area (Å²) in [7, 11) is 0. The highest BCUT2D eigenvalue weighted by Crippen LogP contribution is 2.61. The fourth-order valence-electron chi connectivity index (χ4n) is 13.0. The number of fused-ring (bicyclic) bond motifs is 15. The monoisotopic (exact) mass is 817 g/mol. The number of aryl methyl sites for hydroxylation is 1. The van der Waals surface area contributed by atoms with Gasteiger partial charge in [-0.2, -0.15) is 0 Å². The van der Waals surface area contributed by atoms with Crippen molar-refractivity contribution in [2.45, 2.75) is 83.6 Å². The zero-order valence-corrected chi connectivity index (χ0v) is 36.8. The Hall–Kier alpha value is -6.66. The summed E-state index contributed by atoms with van der Waals surface area (Å²) < 4.78 is 15.9. The van der Waals surface area contributed by atoms with Crippen molar-refractivity contribution in [3.8, 4) is 5.69 Å². The summed E-state index contributed by atoms with van der Waals surface area (Å²) in [6.45, 7) is 14.4. The van der Waals surface area contributed by atoms with Crippen LogP contribution in [0, 0.1) is 6.92 Å². The molecule has 3 aliphatic heterocycles. The zero-order valence-electron chi connectivity index (χ0n) is 36.8. The molecule has 0 spiro atoms. The van der Waals surface area contributed by atoms with Gasteiger partial charge in [0.15, 0.2) is 0 Å². The van der Waals surface area contributed by atoms with Crippen molar-refractivity contribution >= 4 is 106 Å². The first-order valence-electron chi connectivity index (χ1n) is 22.9. The van der Waals surface area contributed by atoms with E-state index in [1.165, 1.54) is 97.1 Å². The molecule has 4 aliphatic rings. The first kappa shape index (κ1) is 35.9.